The van der Waals surface area contributed by atoms with Crippen molar-refractivity contribution in [2.45, 2.75) is 18.4 Å². The van der Waals surface area contributed by atoms with Crippen LogP contribution in [-0.2, 0) is 11.6 Å². The van der Waals surface area contributed by atoms with Crippen LogP contribution in [0, 0.1) is 0 Å². The van der Waals surface area contributed by atoms with Crippen molar-refractivity contribution in [2.24, 2.45) is 22.8 Å². The molecule has 0 saturated carbocycles. The molecule has 0 bridgehead atoms. The van der Waals surface area contributed by atoms with Gasteiger partial charge in [-0.3, -0.25) is 24.5 Å². The number of rotatable bonds is 9. The lowest BCUT2D eigenvalue weighted by molar-refractivity contribution is 0.00947. The van der Waals surface area contributed by atoms with Crippen molar-refractivity contribution in [1.82, 2.24) is 29.5 Å². The first-order valence-electron chi connectivity index (χ1n) is 16.5. The first-order chi connectivity index (χ1) is 23.9. The molecule has 0 unspecified atom stereocenters. The normalized spacial score (nSPS) is 18.0. The van der Waals surface area contributed by atoms with Crippen LogP contribution < -0.4 is 26.0 Å². The maximum absolute atomic E-state index is 13.5. The quantitative estimate of drug-likeness (QED) is 0.138. The molecule has 2 saturated heterocycles. The number of methoxy groups -OCH3 is 1. The summed E-state index contributed by atoms with van der Waals surface area (Å²) >= 11 is 3.65. The van der Waals surface area contributed by atoms with E-state index in [2.05, 4.69) is 82.2 Å². The topological polar surface area (TPSA) is 142 Å². The molecule has 13 nitrogen and oxygen atoms in total. The monoisotopic (exact) mass is 761 g/mol. The minimum Gasteiger partial charge on any atom is -0.494 e. The lowest BCUT2D eigenvalue weighted by atomic mass is 9.83. The van der Waals surface area contributed by atoms with Gasteiger partial charge in [0.05, 0.1) is 40.6 Å². The summed E-state index contributed by atoms with van der Waals surface area (Å²) in [5.41, 5.74) is 11.5. The third-order valence-electron chi connectivity index (χ3n) is 9.69. The molecule has 0 atom stereocenters. The maximum Gasteiger partial charge on any atom is 0.148 e. The third-order valence-corrected chi connectivity index (χ3v) is 11.8. The van der Waals surface area contributed by atoms with E-state index in [1.54, 1.807) is 39.0 Å². The first-order valence-corrected chi connectivity index (χ1v) is 19.9. The fourth-order valence-corrected chi connectivity index (χ4v) is 8.75. The van der Waals surface area contributed by atoms with Crippen LogP contribution in [0.1, 0.15) is 12.8 Å². The summed E-state index contributed by atoms with van der Waals surface area (Å²) in [5.74, 6) is 1.02. The smallest absolute Gasteiger partial charge is 0.148 e. The van der Waals surface area contributed by atoms with Gasteiger partial charge in [0, 0.05) is 93.0 Å². The number of aromatic nitrogens is 4. The van der Waals surface area contributed by atoms with Gasteiger partial charge in [-0.1, -0.05) is 0 Å². The molecule has 15 heteroatoms. The second-order valence-electron chi connectivity index (χ2n) is 13.4. The highest BCUT2D eigenvalue weighted by atomic mass is 79.9. The molecular formula is C35H45BrN11O2P. The minimum atomic E-state index is -2.80. The molecule has 0 aliphatic carbocycles. The zero-order valence-corrected chi connectivity index (χ0v) is 31.9. The number of piperidine rings is 1. The van der Waals surface area contributed by atoms with Gasteiger partial charge in [0.25, 0.3) is 0 Å². The summed E-state index contributed by atoms with van der Waals surface area (Å²) in [5, 5.41) is 8.36. The fourth-order valence-electron chi connectivity index (χ4n) is 7.05. The standard InChI is InChI=1S/C35H45BrN11O2P/c1-44-15-16-45(2)35(22-44)9-13-47(14-10-35)30-18-31(49-4)29(17-25(30)24-19-42-46(3)21-24)40-20-26(36)34(41-23-37)43-28-8-7-27-32(39-12-11-38-27)33(28)50(5,6)48/h7-8,11-12,17-21,23,43H,9-10,13-16,22H2,1-6H3,(H2,37,41)/b34-26-,40-20-. The molecule has 2 aliphatic heterocycles. The highest BCUT2D eigenvalue weighted by Gasteiger charge is 2.41. The molecule has 2 aliphatic rings. The molecule has 1 spiro atoms. The number of allylic oxidation sites excluding steroid dienone is 1. The van der Waals surface area contributed by atoms with Gasteiger partial charge in [0.1, 0.15) is 29.9 Å². The number of aliphatic imine (C=N–C) groups is 2. The van der Waals surface area contributed by atoms with Crippen LogP contribution in [0.2, 0.25) is 0 Å². The number of fused-ring (bicyclic) bond motifs is 1. The second-order valence-corrected chi connectivity index (χ2v) is 17.4. The summed E-state index contributed by atoms with van der Waals surface area (Å²) in [6.45, 7) is 8.56. The predicted molar refractivity (Wildman–Crippen MR) is 209 cm³/mol. The number of piperazine rings is 1. The van der Waals surface area contributed by atoms with E-state index in [9.17, 15) is 4.57 Å². The van der Waals surface area contributed by atoms with Crippen molar-refractivity contribution >= 4 is 69.0 Å². The minimum absolute atomic E-state index is 0.189. The summed E-state index contributed by atoms with van der Waals surface area (Å²) in [4.78, 5) is 25.6. The van der Waals surface area contributed by atoms with Crippen molar-refractivity contribution in [1.29, 1.82) is 0 Å². The number of benzene rings is 2. The van der Waals surface area contributed by atoms with Crippen LogP contribution in [0.5, 0.6) is 5.75 Å². The Hall–Kier alpha value is -4.10. The number of ether oxygens (including phenoxy) is 1. The van der Waals surface area contributed by atoms with Gasteiger partial charge < -0.3 is 30.2 Å². The Bertz CT molecular complexity index is 2010. The van der Waals surface area contributed by atoms with E-state index < -0.39 is 7.14 Å². The largest absolute Gasteiger partial charge is 0.494 e. The number of likely N-dealkylation sites (N-methyl/N-ethyl adjacent to an activating group) is 2. The van der Waals surface area contributed by atoms with Gasteiger partial charge in [-0.15, -0.1) is 0 Å². The summed E-state index contributed by atoms with van der Waals surface area (Å²) in [6.07, 6.45) is 12.1. The number of aryl methyl sites for hydroxylation is 1. The van der Waals surface area contributed by atoms with Crippen molar-refractivity contribution < 1.29 is 9.30 Å². The molecule has 2 aromatic carbocycles. The molecule has 3 N–H and O–H groups in total. The molecule has 50 heavy (non-hydrogen) atoms. The van der Waals surface area contributed by atoms with Gasteiger partial charge >= 0.3 is 0 Å². The fraction of sp³-hybridized carbons (Fsp3) is 0.400. The number of hydrogen-bond acceptors (Lipinski definition) is 11. The van der Waals surface area contributed by atoms with E-state index >= 15 is 0 Å². The van der Waals surface area contributed by atoms with Crippen LogP contribution in [0.15, 0.2) is 69.3 Å². The molecule has 0 radical (unpaired) electrons. The van der Waals surface area contributed by atoms with Crippen LogP contribution >= 0.6 is 23.1 Å². The van der Waals surface area contributed by atoms with Crippen LogP contribution in [0.4, 0.5) is 17.1 Å². The second kappa shape index (κ2) is 14.6. The maximum atomic E-state index is 13.5. The number of halogens is 1. The molecule has 6 rings (SSSR count). The number of nitrogens with zero attached hydrogens (tertiary/aromatic N) is 9. The Balaban J connectivity index is 1.35. The summed E-state index contributed by atoms with van der Waals surface area (Å²) in [7, 11) is 5.28. The Labute approximate surface area is 301 Å². The molecule has 4 aromatic rings. The molecule has 2 fully saturated rings. The van der Waals surface area contributed by atoms with E-state index in [-0.39, 0.29) is 5.54 Å². The lowest BCUT2D eigenvalue weighted by Gasteiger charge is -2.53. The number of anilines is 2. The molecular weight excluding hydrogens is 717 g/mol. The highest BCUT2D eigenvalue weighted by Crippen LogP contribution is 2.44. The average molecular weight is 763 g/mol. The van der Waals surface area contributed by atoms with E-state index in [4.69, 9.17) is 15.5 Å². The van der Waals surface area contributed by atoms with Crippen molar-refractivity contribution in [3.8, 4) is 16.9 Å². The predicted octanol–water partition coefficient (Wildman–Crippen LogP) is 4.87. The van der Waals surface area contributed by atoms with Crippen LogP contribution in [0.25, 0.3) is 22.2 Å². The molecule has 4 heterocycles. The van der Waals surface area contributed by atoms with Gasteiger partial charge in [-0.05, 0) is 74.4 Å². The Morgan fingerprint density at radius 2 is 1.86 bits per heavy atom. The van der Waals surface area contributed by atoms with Gasteiger partial charge in [-0.25, -0.2) is 4.99 Å². The van der Waals surface area contributed by atoms with Gasteiger partial charge in [-0.2, -0.15) is 5.10 Å². The van der Waals surface area contributed by atoms with Gasteiger partial charge in [0.15, 0.2) is 0 Å². The van der Waals surface area contributed by atoms with Gasteiger partial charge in [0.2, 0.25) is 0 Å². The Kier molecular flexibility index (Phi) is 10.5. The third kappa shape index (κ3) is 7.34. The lowest BCUT2D eigenvalue weighted by Crippen LogP contribution is -2.63. The zero-order chi connectivity index (χ0) is 35.6. The van der Waals surface area contributed by atoms with Crippen LogP contribution in [0.3, 0.4) is 0 Å². The highest BCUT2D eigenvalue weighted by molar-refractivity contribution is 9.12. The van der Waals surface area contributed by atoms with Crippen molar-refractivity contribution in [3.05, 3.63) is 59.4 Å². The summed E-state index contributed by atoms with van der Waals surface area (Å²) < 4.78 is 21.7. The number of nitrogens with one attached hydrogen (secondary N) is 1. The first kappa shape index (κ1) is 35.7. The van der Waals surface area contributed by atoms with E-state index in [0.717, 1.165) is 62.4 Å². The van der Waals surface area contributed by atoms with E-state index in [1.807, 2.05) is 36.3 Å². The molecule has 2 aromatic heterocycles. The van der Waals surface area contributed by atoms with Crippen molar-refractivity contribution in [2.75, 3.05) is 77.5 Å². The zero-order valence-electron chi connectivity index (χ0n) is 29.5. The van der Waals surface area contributed by atoms with E-state index in [1.165, 1.54) is 6.34 Å². The Morgan fingerprint density at radius 3 is 2.54 bits per heavy atom. The number of hydrogen-bond donors (Lipinski definition) is 2. The van der Waals surface area contributed by atoms with Crippen molar-refractivity contribution in [3.63, 3.8) is 0 Å². The average Bonchev–Trinajstić information content (AvgIpc) is 3.54. The van der Waals surface area contributed by atoms with E-state index in [0.29, 0.717) is 43.8 Å². The molecule has 0 amide bonds. The SMILES string of the molecule is COc1cc(N2CCC3(CC2)CN(C)CCN3C)c(-c2cnn(C)c2)cc1\N=C/C(Br)=C(\N=C\N)Nc1ccc2nccnc2c1P(C)(C)=O. The van der Waals surface area contributed by atoms with Crippen LogP contribution in [-0.4, -0.2) is 115 Å². The number of nitrogens with two attached hydrogens (primary N) is 1. The Morgan fingerprint density at radius 1 is 1.10 bits per heavy atom. The summed E-state index contributed by atoms with van der Waals surface area (Å²) in [6, 6.07) is 7.79. The molecule has 264 valence electrons.